The molecule has 3 heteroatoms. The van der Waals surface area contributed by atoms with E-state index in [1.165, 1.54) is 0 Å². The Labute approximate surface area is 68.1 Å². The van der Waals surface area contributed by atoms with Gasteiger partial charge in [0.1, 0.15) is 0 Å². The molecule has 1 N–H and O–H groups in total. The molecule has 0 aromatic carbocycles. The van der Waals surface area contributed by atoms with Gasteiger partial charge in [-0.25, -0.2) is 0 Å². The SMILES string of the molecule is CC(C)(C)NCCCOC=O. The number of hydrogen-bond acceptors (Lipinski definition) is 3. The van der Waals surface area contributed by atoms with E-state index in [2.05, 4.69) is 30.8 Å². The highest BCUT2D eigenvalue weighted by atomic mass is 16.5. The summed E-state index contributed by atoms with van der Waals surface area (Å²) in [7, 11) is 0. The summed E-state index contributed by atoms with van der Waals surface area (Å²) < 4.78 is 4.53. The second kappa shape index (κ2) is 5.13. The van der Waals surface area contributed by atoms with Gasteiger partial charge in [-0.3, -0.25) is 4.79 Å². The Hall–Kier alpha value is -0.570. The van der Waals surface area contributed by atoms with Gasteiger partial charge in [0.05, 0.1) is 6.61 Å². The topological polar surface area (TPSA) is 38.3 Å². The first-order chi connectivity index (χ1) is 5.06. The summed E-state index contributed by atoms with van der Waals surface area (Å²) in [4.78, 5) is 9.72. The maximum atomic E-state index is 9.72. The first-order valence-corrected chi connectivity index (χ1v) is 3.86. The van der Waals surface area contributed by atoms with Crippen molar-refractivity contribution in [2.45, 2.75) is 32.7 Å². The van der Waals surface area contributed by atoms with Crippen LogP contribution < -0.4 is 5.32 Å². The molecule has 3 nitrogen and oxygen atoms in total. The molecule has 0 aliphatic heterocycles. The molecule has 0 spiro atoms. The molecule has 0 atom stereocenters. The van der Waals surface area contributed by atoms with E-state index in [4.69, 9.17) is 0 Å². The van der Waals surface area contributed by atoms with Crippen molar-refractivity contribution in [1.29, 1.82) is 0 Å². The van der Waals surface area contributed by atoms with E-state index in [9.17, 15) is 4.79 Å². The average Bonchev–Trinajstić information content (AvgIpc) is 1.85. The van der Waals surface area contributed by atoms with Crippen LogP contribution in [-0.4, -0.2) is 25.2 Å². The number of carbonyl (C=O) groups is 1. The fourth-order valence-corrected chi connectivity index (χ4v) is 0.667. The summed E-state index contributed by atoms with van der Waals surface area (Å²) in [5, 5.41) is 3.28. The molecule has 0 aromatic rings. The standard InChI is InChI=1S/C8H17NO2/c1-8(2,3)9-5-4-6-11-7-10/h7,9H,4-6H2,1-3H3. The lowest BCUT2D eigenvalue weighted by atomic mass is 10.1. The maximum absolute atomic E-state index is 9.72. The number of nitrogens with one attached hydrogen (secondary N) is 1. The molecule has 0 bridgehead atoms. The minimum Gasteiger partial charge on any atom is -0.468 e. The summed E-state index contributed by atoms with van der Waals surface area (Å²) >= 11 is 0. The van der Waals surface area contributed by atoms with E-state index in [0.29, 0.717) is 13.1 Å². The summed E-state index contributed by atoms with van der Waals surface area (Å²) in [6.07, 6.45) is 0.871. The first-order valence-electron chi connectivity index (χ1n) is 3.86. The van der Waals surface area contributed by atoms with Crippen LogP contribution in [0.4, 0.5) is 0 Å². The van der Waals surface area contributed by atoms with E-state index >= 15 is 0 Å². The third-order valence-electron chi connectivity index (χ3n) is 1.16. The summed E-state index contributed by atoms with van der Waals surface area (Å²) in [5.41, 5.74) is 0.154. The van der Waals surface area contributed by atoms with Crippen LogP contribution in [0.5, 0.6) is 0 Å². The monoisotopic (exact) mass is 159 g/mol. The zero-order valence-electron chi connectivity index (χ0n) is 7.52. The van der Waals surface area contributed by atoms with Gasteiger partial charge in [-0.05, 0) is 33.7 Å². The smallest absolute Gasteiger partial charge is 0.293 e. The molecular weight excluding hydrogens is 142 g/mol. The van der Waals surface area contributed by atoms with Crippen LogP contribution >= 0.6 is 0 Å². The highest BCUT2D eigenvalue weighted by Crippen LogP contribution is 1.97. The van der Waals surface area contributed by atoms with Crippen molar-refractivity contribution in [2.24, 2.45) is 0 Å². The number of carbonyl (C=O) groups excluding carboxylic acids is 1. The molecular formula is C8H17NO2. The lowest BCUT2D eigenvalue weighted by molar-refractivity contribution is -0.128. The van der Waals surface area contributed by atoms with Gasteiger partial charge in [-0.1, -0.05) is 0 Å². The van der Waals surface area contributed by atoms with Gasteiger partial charge < -0.3 is 10.1 Å². The Kier molecular flexibility index (Phi) is 4.86. The predicted octanol–water partition coefficient (Wildman–Crippen LogP) is 0.938. The zero-order valence-corrected chi connectivity index (χ0v) is 7.52. The van der Waals surface area contributed by atoms with Crippen LogP contribution in [-0.2, 0) is 9.53 Å². The van der Waals surface area contributed by atoms with Crippen molar-refractivity contribution < 1.29 is 9.53 Å². The van der Waals surface area contributed by atoms with Gasteiger partial charge in [0.25, 0.3) is 6.47 Å². The number of hydrogen-bond donors (Lipinski definition) is 1. The van der Waals surface area contributed by atoms with Crippen molar-refractivity contribution >= 4 is 6.47 Å². The molecule has 0 heterocycles. The molecule has 0 saturated heterocycles. The van der Waals surface area contributed by atoms with Crippen LogP contribution in [0.1, 0.15) is 27.2 Å². The van der Waals surface area contributed by atoms with Gasteiger partial charge in [0.2, 0.25) is 0 Å². The van der Waals surface area contributed by atoms with Crippen molar-refractivity contribution in [3.05, 3.63) is 0 Å². The Morgan fingerprint density at radius 3 is 2.55 bits per heavy atom. The highest BCUT2D eigenvalue weighted by Gasteiger charge is 2.06. The van der Waals surface area contributed by atoms with Gasteiger partial charge >= 0.3 is 0 Å². The lowest BCUT2D eigenvalue weighted by Crippen LogP contribution is -2.36. The van der Waals surface area contributed by atoms with E-state index in [0.717, 1.165) is 13.0 Å². The zero-order chi connectivity index (χ0) is 8.74. The Bertz CT molecular complexity index is 107. The highest BCUT2D eigenvalue weighted by molar-refractivity contribution is 5.36. The molecule has 0 fully saturated rings. The van der Waals surface area contributed by atoms with E-state index in [1.807, 2.05) is 0 Å². The molecule has 0 aliphatic carbocycles. The van der Waals surface area contributed by atoms with Crippen LogP contribution in [0.3, 0.4) is 0 Å². The number of ether oxygens (including phenoxy) is 1. The predicted molar refractivity (Wildman–Crippen MR) is 44.4 cm³/mol. The minimum atomic E-state index is 0.154. The van der Waals surface area contributed by atoms with Crippen LogP contribution in [0.2, 0.25) is 0 Å². The summed E-state index contributed by atoms with van der Waals surface area (Å²) in [5.74, 6) is 0. The van der Waals surface area contributed by atoms with E-state index in [1.54, 1.807) is 0 Å². The molecule has 0 rings (SSSR count). The quantitative estimate of drug-likeness (QED) is 0.479. The largest absolute Gasteiger partial charge is 0.468 e. The fourth-order valence-electron chi connectivity index (χ4n) is 0.667. The lowest BCUT2D eigenvalue weighted by Gasteiger charge is -2.19. The molecule has 0 amide bonds. The summed E-state index contributed by atoms with van der Waals surface area (Å²) in [6, 6.07) is 0. The Morgan fingerprint density at radius 1 is 1.45 bits per heavy atom. The Balaban J connectivity index is 3.08. The molecule has 0 aliphatic rings. The first kappa shape index (κ1) is 10.4. The molecule has 11 heavy (non-hydrogen) atoms. The Morgan fingerprint density at radius 2 is 2.09 bits per heavy atom. The maximum Gasteiger partial charge on any atom is 0.293 e. The van der Waals surface area contributed by atoms with Gasteiger partial charge in [-0.15, -0.1) is 0 Å². The molecule has 66 valence electrons. The van der Waals surface area contributed by atoms with Gasteiger partial charge in [0.15, 0.2) is 0 Å². The molecule has 0 radical (unpaired) electrons. The third-order valence-corrected chi connectivity index (χ3v) is 1.16. The molecule has 0 unspecified atom stereocenters. The van der Waals surface area contributed by atoms with Crippen LogP contribution in [0.25, 0.3) is 0 Å². The third kappa shape index (κ3) is 9.43. The second-order valence-electron chi connectivity index (χ2n) is 3.50. The average molecular weight is 159 g/mol. The van der Waals surface area contributed by atoms with Gasteiger partial charge in [-0.2, -0.15) is 0 Å². The van der Waals surface area contributed by atoms with Crippen molar-refractivity contribution in [3.63, 3.8) is 0 Å². The normalized spacial score (nSPS) is 11.2. The van der Waals surface area contributed by atoms with Crippen molar-refractivity contribution in [3.8, 4) is 0 Å². The second-order valence-corrected chi connectivity index (χ2v) is 3.50. The van der Waals surface area contributed by atoms with E-state index in [-0.39, 0.29) is 5.54 Å². The van der Waals surface area contributed by atoms with Crippen molar-refractivity contribution in [2.75, 3.05) is 13.2 Å². The number of rotatable bonds is 5. The summed E-state index contributed by atoms with van der Waals surface area (Å²) in [6.45, 7) is 8.19. The molecule has 0 aromatic heterocycles. The van der Waals surface area contributed by atoms with Crippen LogP contribution in [0, 0.1) is 0 Å². The van der Waals surface area contributed by atoms with Crippen molar-refractivity contribution in [1.82, 2.24) is 5.32 Å². The minimum absolute atomic E-state index is 0.154. The van der Waals surface area contributed by atoms with E-state index < -0.39 is 0 Å². The van der Waals surface area contributed by atoms with Gasteiger partial charge in [0, 0.05) is 5.54 Å². The van der Waals surface area contributed by atoms with Crippen LogP contribution in [0.15, 0.2) is 0 Å². The molecule has 0 saturated carbocycles. The fraction of sp³-hybridized carbons (Fsp3) is 0.875.